The van der Waals surface area contributed by atoms with Gasteiger partial charge in [0, 0.05) is 19.2 Å². The van der Waals surface area contributed by atoms with Crippen molar-refractivity contribution in [1.29, 1.82) is 0 Å². The Bertz CT molecular complexity index is 790. The van der Waals surface area contributed by atoms with Crippen molar-refractivity contribution in [3.05, 3.63) is 71.3 Å². The minimum absolute atomic E-state index is 0. The standard InChI is InChI=1S/C12H16FN.C12H14FN.C2H6.CH4/c2*1-2-11-7-8-12(14-11)9-3-5-10(13)6-4-9;1-2;/h3-6,11-12,14H,2,7-8H2,1H3;3-6,12H,2,7-8H2,1H3;1-2H3;1H4/t11-,12-;12-;;/m00../s1/i;;1D;. The van der Waals surface area contributed by atoms with Gasteiger partial charge in [0.25, 0.3) is 0 Å². The summed E-state index contributed by atoms with van der Waals surface area (Å²) in [4.78, 5) is 4.60. The SMILES string of the molecule is C.CCC1=N[C@H](c2ccc(F)cc2)CC1.CC[C@H]1CC[C@@H](c2ccc(F)cc2)N1.[2H]CC. The summed E-state index contributed by atoms with van der Waals surface area (Å²) >= 11 is 0. The molecule has 31 heavy (non-hydrogen) atoms. The largest absolute Gasteiger partial charge is 0.307 e. The third-order valence-corrected chi connectivity index (χ3v) is 5.71. The van der Waals surface area contributed by atoms with Crippen molar-refractivity contribution in [2.24, 2.45) is 4.99 Å². The lowest BCUT2D eigenvalue weighted by Crippen LogP contribution is -2.23. The zero-order valence-electron chi connectivity index (χ0n) is 19.5. The normalized spacial score (nSPS) is 22.2. The minimum Gasteiger partial charge on any atom is -0.307 e. The summed E-state index contributed by atoms with van der Waals surface area (Å²) in [6.45, 7) is 6.62. The molecule has 0 amide bonds. The molecule has 2 aliphatic rings. The number of aliphatic imine (C=N–C) groups is 1. The van der Waals surface area contributed by atoms with Crippen molar-refractivity contribution in [2.75, 3.05) is 0 Å². The van der Waals surface area contributed by atoms with Crippen LogP contribution in [0.25, 0.3) is 0 Å². The van der Waals surface area contributed by atoms with Crippen LogP contribution in [0.2, 0.25) is 0 Å². The van der Waals surface area contributed by atoms with Crippen LogP contribution >= 0.6 is 0 Å². The van der Waals surface area contributed by atoms with Gasteiger partial charge >= 0.3 is 0 Å². The molecule has 1 N–H and O–H groups in total. The van der Waals surface area contributed by atoms with Crippen LogP contribution in [0.15, 0.2) is 53.5 Å². The summed E-state index contributed by atoms with van der Waals surface area (Å²) in [7, 11) is 0. The van der Waals surface area contributed by atoms with Gasteiger partial charge in [-0.3, -0.25) is 4.99 Å². The highest BCUT2D eigenvalue weighted by Crippen LogP contribution is 2.29. The molecular weight excluding hydrogens is 390 g/mol. The van der Waals surface area contributed by atoms with Crippen molar-refractivity contribution < 1.29 is 10.2 Å². The maximum atomic E-state index is 12.7. The molecule has 2 heterocycles. The molecule has 0 radical (unpaired) electrons. The Morgan fingerprint density at radius 3 is 1.94 bits per heavy atom. The van der Waals surface area contributed by atoms with Gasteiger partial charge in [0.15, 0.2) is 0 Å². The first kappa shape index (κ1) is 25.2. The van der Waals surface area contributed by atoms with Crippen molar-refractivity contribution in [2.45, 2.75) is 91.7 Å². The van der Waals surface area contributed by atoms with Gasteiger partial charge in [-0.2, -0.15) is 0 Å². The molecule has 1 fully saturated rings. The Kier molecular flexibility index (Phi) is 11.4. The first-order valence-electron chi connectivity index (χ1n) is 11.8. The van der Waals surface area contributed by atoms with Crippen LogP contribution < -0.4 is 5.32 Å². The fraction of sp³-hybridized carbons (Fsp3) is 0.519. The molecule has 0 bridgehead atoms. The van der Waals surface area contributed by atoms with E-state index in [4.69, 9.17) is 1.37 Å². The number of nitrogens with zero attached hydrogens (tertiary/aromatic N) is 1. The molecule has 2 aromatic carbocycles. The third-order valence-electron chi connectivity index (χ3n) is 5.71. The van der Waals surface area contributed by atoms with Gasteiger partial charge in [-0.05, 0) is 73.9 Å². The fourth-order valence-corrected chi connectivity index (χ4v) is 3.95. The summed E-state index contributed by atoms with van der Waals surface area (Å²) in [5, 5.41) is 3.55. The van der Waals surface area contributed by atoms with Crippen LogP contribution in [-0.2, 0) is 0 Å². The summed E-state index contributed by atoms with van der Waals surface area (Å²) in [6, 6.07) is 14.9. The molecule has 0 aliphatic carbocycles. The van der Waals surface area contributed by atoms with E-state index in [0.717, 1.165) is 24.8 Å². The molecule has 0 aromatic heterocycles. The van der Waals surface area contributed by atoms with Gasteiger partial charge in [0.2, 0.25) is 0 Å². The molecule has 4 rings (SSSR count). The fourth-order valence-electron chi connectivity index (χ4n) is 3.95. The third kappa shape index (κ3) is 8.17. The second-order valence-electron chi connectivity index (χ2n) is 7.61. The Morgan fingerprint density at radius 1 is 0.935 bits per heavy atom. The van der Waals surface area contributed by atoms with Gasteiger partial charge in [-0.25, -0.2) is 8.78 Å². The van der Waals surface area contributed by atoms with E-state index in [2.05, 4.69) is 24.2 Å². The number of rotatable bonds is 4. The average molecular weight is 432 g/mol. The molecule has 2 nitrogen and oxygen atoms in total. The average Bonchev–Trinajstić information content (AvgIpc) is 3.46. The zero-order valence-corrected chi connectivity index (χ0v) is 18.5. The van der Waals surface area contributed by atoms with Crippen molar-refractivity contribution >= 4 is 5.71 Å². The van der Waals surface area contributed by atoms with E-state index in [9.17, 15) is 8.78 Å². The number of benzene rings is 2. The lowest BCUT2D eigenvalue weighted by atomic mass is 10.0. The van der Waals surface area contributed by atoms with Crippen LogP contribution in [0, 0.1) is 11.6 Å². The maximum Gasteiger partial charge on any atom is 0.123 e. The molecule has 3 atom stereocenters. The summed E-state index contributed by atoms with van der Waals surface area (Å²) in [5.41, 5.74) is 3.64. The Morgan fingerprint density at radius 2 is 1.48 bits per heavy atom. The smallest absolute Gasteiger partial charge is 0.123 e. The number of nitrogens with one attached hydrogen (secondary N) is 1. The highest BCUT2D eigenvalue weighted by molar-refractivity contribution is 5.86. The Hall–Kier alpha value is -2.07. The molecule has 0 spiro atoms. The van der Waals surface area contributed by atoms with Crippen molar-refractivity contribution in [3.63, 3.8) is 0 Å². The van der Waals surface area contributed by atoms with Crippen molar-refractivity contribution in [3.8, 4) is 0 Å². The van der Waals surface area contributed by atoms with Gasteiger partial charge in [0.05, 0.1) is 6.04 Å². The highest BCUT2D eigenvalue weighted by atomic mass is 19.1. The predicted octanol–water partition coefficient (Wildman–Crippen LogP) is 8.20. The van der Waals surface area contributed by atoms with E-state index in [0.29, 0.717) is 19.0 Å². The number of hydrogen-bond donors (Lipinski definition) is 1. The first-order valence-corrected chi connectivity index (χ1v) is 11.1. The van der Waals surface area contributed by atoms with Gasteiger partial charge in [-0.15, -0.1) is 0 Å². The Labute approximate surface area is 189 Å². The molecule has 0 unspecified atom stereocenters. The van der Waals surface area contributed by atoms with Crippen LogP contribution in [0.1, 0.15) is 98.2 Å². The van der Waals surface area contributed by atoms with Crippen LogP contribution in [0.3, 0.4) is 0 Å². The molecule has 2 aliphatic heterocycles. The monoisotopic (exact) mass is 431 g/mol. The van der Waals surface area contributed by atoms with Crippen LogP contribution in [0.4, 0.5) is 8.78 Å². The van der Waals surface area contributed by atoms with Crippen LogP contribution in [0.5, 0.6) is 0 Å². The predicted molar refractivity (Wildman–Crippen MR) is 130 cm³/mol. The van der Waals surface area contributed by atoms with E-state index in [1.807, 2.05) is 24.3 Å². The van der Waals surface area contributed by atoms with E-state index < -0.39 is 0 Å². The molecule has 1 saturated heterocycles. The topological polar surface area (TPSA) is 24.4 Å². The van der Waals surface area contributed by atoms with Crippen LogP contribution in [-0.4, -0.2) is 11.8 Å². The van der Waals surface area contributed by atoms with E-state index in [1.54, 1.807) is 6.92 Å². The van der Waals surface area contributed by atoms with Gasteiger partial charge in [0.1, 0.15) is 11.6 Å². The lowest BCUT2D eigenvalue weighted by molar-refractivity contribution is 0.539. The molecular formula is C27H40F2N2. The maximum absolute atomic E-state index is 12.7. The Balaban J connectivity index is 0.000000278. The number of halogens is 2. The van der Waals surface area contributed by atoms with Gasteiger partial charge in [-0.1, -0.05) is 59.4 Å². The lowest BCUT2D eigenvalue weighted by Gasteiger charge is -2.13. The second-order valence-corrected chi connectivity index (χ2v) is 7.61. The zero-order chi connectivity index (χ0) is 22.6. The minimum atomic E-state index is -0.175. The molecule has 2 aromatic rings. The molecule has 0 saturated carbocycles. The van der Waals surface area contributed by atoms with Gasteiger partial charge < -0.3 is 5.32 Å². The second kappa shape index (κ2) is 14.1. The summed E-state index contributed by atoms with van der Waals surface area (Å²) in [5.74, 6) is -0.328. The molecule has 172 valence electrons. The van der Waals surface area contributed by atoms with E-state index in [1.165, 1.54) is 54.8 Å². The van der Waals surface area contributed by atoms with Crippen molar-refractivity contribution in [1.82, 2.24) is 5.32 Å². The van der Waals surface area contributed by atoms with E-state index >= 15 is 0 Å². The first-order chi connectivity index (χ1) is 15.0. The molecule has 4 heteroatoms. The highest BCUT2D eigenvalue weighted by Gasteiger charge is 2.23. The quantitative estimate of drug-likeness (QED) is 0.518. The van der Waals surface area contributed by atoms with E-state index in [-0.39, 0.29) is 25.1 Å². The summed E-state index contributed by atoms with van der Waals surface area (Å²) in [6.07, 6.45) is 6.80. The summed E-state index contributed by atoms with van der Waals surface area (Å²) < 4.78 is 31.6. The number of hydrogen-bond acceptors (Lipinski definition) is 2.